The fourth-order valence-corrected chi connectivity index (χ4v) is 3.10. The first-order chi connectivity index (χ1) is 12.9. The predicted molar refractivity (Wildman–Crippen MR) is 97.0 cm³/mol. The van der Waals surface area contributed by atoms with Crippen LogP contribution in [0, 0.1) is 5.82 Å². The quantitative estimate of drug-likeness (QED) is 0.767. The maximum absolute atomic E-state index is 13.8. The van der Waals surface area contributed by atoms with Crippen LogP contribution in [0.3, 0.4) is 0 Å². The molecule has 3 aromatic rings. The summed E-state index contributed by atoms with van der Waals surface area (Å²) >= 11 is 0. The van der Waals surface area contributed by atoms with E-state index in [9.17, 15) is 9.18 Å². The zero-order valence-corrected chi connectivity index (χ0v) is 15.2. The lowest BCUT2D eigenvalue weighted by Gasteiger charge is -2.16. The Hall–Kier alpha value is -3.29. The van der Waals surface area contributed by atoms with Gasteiger partial charge in [0.2, 0.25) is 11.8 Å². The molecule has 1 aliphatic heterocycles. The lowest BCUT2D eigenvalue weighted by molar-refractivity contribution is -0.119. The maximum atomic E-state index is 13.8. The number of carbonyl (C=O) groups is 1. The molecule has 8 heteroatoms. The molecule has 0 fully saturated rings. The number of hydrogen-bond acceptors (Lipinski definition) is 5. The van der Waals surface area contributed by atoms with Gasteiger partial charge in [0.1, 0.15) is 17.3 Å². The van der Waals surface area contributed by atoms with E-state index in [0.29, 0.717) is 40.9 Å². The van der Waals surface area contributed by atoms with E-state index in [-0.39, 0.29) is 11.7 Å². The van der Waals surface area contributed by atoms with E-state index in [4.69, 9.17) is 4.74 Å². The Labute approximate surface area is 155 Å². The van der Waals surface area contributed by atoms with Gasteiger partial charge in [-0.25, -0.2) is 9.37 Å². The van der Waals surface area contributed by atoms with Crippen molar-refractivity contribution in [1.29, 1.82) is 0 Å². The molecule has 0 saturated heterocycles. The number of rotatable bonds is 4. The highest BCUT2D eigenvalue weighted by atomic mass is 19.1. The standard InChI is InChI=1S/C19H18FN5O2/c1-19(2)14-16(23-18(19)26)21-15(22-17(14)27-3)13-8-9-25(24-13)10-11-6-4-5-7-12(11)20/h4-9H,10H2,1-3H3,(H,21,22,23,26). The Balaban J connectivity index is 1.70. The molecular weight excluding hydrogens is 349 g/mol. The molecule has 1 aliphatic rings. The molecule has 0 spiro atoms. The van der Waals surface area contributed by atoms with Crippen LogP contribution in [0.1, 0.15) is 25.0 Å². The summed E-state index contributed by atoms with van der Waals surface area (Å²) < 4.78 is 20.8. The Morgan fingerprint density at radius 3 is 2.74 bits per heavy atom. The molecule has 4 rings (SSSR count). The molecule has 0 atom stereocenters. The highest BCUT2D eigenvalue weighted by molar-refractivity contribution is 6.05. The van der Waals surface area contributed by atoms with Gasteiger partial charge >= 0.3 is 0 Å². The van der Waals surface area contributed by atoms with Crippen molar-refractivity contribution < 1.29 is 13.9 Å². The fraction of sp³-hybridized carbons (Fsp3) is 0.263. The smallest absolute Gasteiger partial charge is 0.235 e. The number of nitrogens with one attached hydrogen (secondary N) is 1. The second-order valence-electron chi connectivity index (χ2n) is 6.85. The van der Waals surface area contributed by atoms with Crippen molar-refractivity contribution in [3.63, 3.8) is 0 Å². The predicted octanol–water partition coefficient (Wildman–Crippen LogP) is 2.77. The van der Waals surface area contributed by atoms with Crippen LogP contribution in [0.15, 0.2) is 36.5 Å². The third-order valence-corrected chi connectivity index (χ3v) is 4.65. The monoisotopic (exact) mass is 367 g/mol. The van der Waals surface area contributed by atoms with Gasteiger partial charge in [0.05, 0.1) is 24.6 Å². The number of ether oxygens (including phenoxy) is 1. The molecule has 0 aliphatic carbocycles. The summed E-state index contributed by atoms with van der Waals surface area (Å²) in [7, 11) is 1.50. The van der Waals surface area contributed by atoms with Crippen LogP contribution in [0.25, 0.3) is 11.5 Å². The minimum absolute atomic E-state index is 0.160. The minimum Gasteiger partial charge on any atom is -0.481 e. The Kier molecular flexibility index (Phi) is 3.91. The number of aromatic nitrogens is 4. The van der Waals surface area contributed by atoms with E-state index in [1.54, 1.807) is 49.0 Å². The van der Waals surface area contributed by atoms with Crippen molar-refractivity contribution in [2.75, 3.05) is 12.4 Å². The third kappa shape index (κ3) is 2.83. The van der Waals surface area contributed by atoms with Crippen LogP contribution in [0.5, 0.6) is 5.88 Å². The van der Waals surface area contributed by atoms with Gasteiger partial charge in [-0.05, 0) is 26.0 Å². The lowest BCUT2D eigenvalue weighted by atomic mass is 9.87. The van der Waals surface area contributed by atoms with Crippen LogP contribution in [0.4, 0.5) is 10.2 Å². The summed E-state index contributed by atoms with van der Waals surface area (Å²) in [5, 5.41) is 7.20. The van der Waals surface area contributed by atoms with E-state index in [0.717, 1.165) is 0 Å². The van der Waals surface area contributed by atoms with E-state index >= 15 is 0 Å². The zero-order chi connectivity index (χ0) is 19.2. The molecule has 7 nitrogen and oxygen atoms in total. The number of halogens is 1. The first-order valence-corrected chi connectivity index (χ1v) is 8.45. The average Bonchev–Trinajstić information content (AvgIpc) is 3.19. The van der Waals surface area contributed by atoms with Crippen LogP contribution in [0.2, 0.25) is 0 Å². The highest BCUT2D eigenvalue weighted by Gasteiger charge is 2.43. The van der Waals surface area contributed by atoms with E-state index in [1.807, 2.05) is 0 Å². The fourth-order valence-electron chi connectivity index (χ4n) is 3.10. The summed E-state index contributed by atoms with van der Waals surface area (Å²) in [6.07, 6.45) is 1.73. The number of methoxy groups -OCH3 is 1. The van der Waals surface area contributed by atoms with Gasteiger partial charge in [0.25, 0.3) is 0 Å². The van der Waals surface area contributed by atoms with Crippen molar-refractivity contribution >= 4 is 11.7 Å². The number of anilines is 1. The molecular formula is C19H18FN5O2. The number of carbonyl (C=O) groups excluding carboxylic acids is 1. The van der Waals surface area contributed by atoms with Crippen molar-refractivity contribution in [3.05, 3.63) is 53.5 Å². The number of hydrogen-bond donors (Lipinski definition) is 1. The van der Waals surface area contributed by atoms with E-state index in [1.165, 1.54) is 13.2 Å². The molecule has 0 bridgehead atoms. The molecule has 1 aromatic carbocycles. The van der Waals surface area contributed by atoms with Gasteiger partial charge in [-0.15, -0.1) is 0 Å². The topological polar surface area (TPSA) is 81.9 Å². The molecule has 0 radical (unpaired) electrons. The summed E-state index contributed by atoms with van der Waals surface area (Å²) in [5.41, 5.74) is 0.896. The van der Waals surface area contributed by atoms with Gasteiger partial charge in [-0.1, -0.05) is 18.2 Å². The van der Waals surface area contributed by atoms with Crippen LogP contribution < -0.4 is 10.1 Å². The van der Waals surface area contributed by atoms with Gasteiger partial charge in [0.15, 0.2) is 5.82 Å². The van der Waals surface area contributed by atoms with Crippen LogP contribution in [-0.2, 0) is 16.8 Å². The van der Waals surface area contributed by atoms with Crippen molar-refractivity contribution in [2.45, 2.75) is 25.8 Å². The van der Waals surface area contributed by atoms with E-state index < -0.39 is 5.41 Å². The highest BCUT2D eigenvalue weighted by Crippen LogP contribution is 2.42. The number of amides is 1. The molecule has 0 unspecified atom stereocenters. The number of benzene rings is 1. The summed E-state index contributed by atoms with van der Waals surface area (Å²) in [5.74, 6) is 0.649. The molecule has 138 valence electrons. The molecule has 1 amide bonds. The van der Waals surface area contributed by atoms with Crippen molar-refractivity contribution in [3.8, 4) is 17.4 Å². The zero-order valence-electron chi connectivity index (χ0n) is 15.2. The average molecular weight is 367 g/mol. The lowest BCUT2D eigenvalue weighted by Crippen LogP contribution is -2.27. The van der Waals surface area contributed by atoms with Gasteiger partial charge < -0.3 is 10.1 Å². The molecule has 0 saturated carbocycles. The normalized spacial score (nSPS) is 14.7. The first-order valence-electron chi connectivity index (χ1n) is 8.45. The molecule has 1 N–H and O–H groups in total. The molecule has 3 heterocycles. The Morgan fingerprint density at radius 2 is 2.00 bits per heavy atom. The third-order valence-electron chi connectivity index (χ3n) is 4.65. The van der Waals surface area contributed by atoms with Gasteiger partial charge in [-0.2, -0.15) is 10.1 Å². The van der Waals surface area contributed by atoms with Crippen molar-refractivity contribution in [2.24, 2.45) is 0 Å². The van der Waals surface area contributed by atoms with Crippen LogP contribution >= 0.6 is 0 Å². The Bertz CT molecular complexity index is 1040. The Morgan fingerprint density at radius 1 is 1.22 bits per heavy atom. The summed E-state index contributed by atoms with van der Waals surface area (Å²) in [6.45, 7) is 3.88. The number of fused-ring (bicyclic) bond motifs is 1. The molecule has 27 heavy (non-hydrogen) atoms. The van der Waals surface area contributed by atoms with Gasteiger partial charge in [0, 0.05) is 11.8 Å². The number of nitrogens with zero attached hydrogens (tertiary/aromatic N) is 4. The molecule has 2 aromatic heterocycles. The minimum atomic E-state index is -0.774. The first kappa shape index (κ1) is 17.1. The SMILES string of the molecule is COc1nc(-c2ccn(Cc3ccccc3F)n2)nc2c1C(C)(C)C(=O)N2. The second kappa shape index (κ2) is 6.15. The second-order valence-corrected chi connectivity index (χ2v) is 6.85. The van der Waals surface area contributed by atoms with E-state index in [2.05, 4.69) is 20.4 Å². The summed E-state index contributed by atoms with van der Waals surface area (Å²) in [4.78, 5) is 21.1. The van der Waals surface area contributed by atoms with Crippen LogP contribution in [-0.4, -0.2) is 32.8 Å². The summed E-state index contributed by atoms with van der Waals surface area (Å²) in [6, 6.07) is 8.29. The maximum Gasteiger partial charge on any atom is 0.235 e. The largest absolute Gasteiger partial charge is 0.481 e. The van der Waals surface area contributed by atoms with Crippen molar-refractivity contribution in [1.82, 2.24) is 19.7 Å². The van der Waals surface area contributed by atoms with Gasteiger partial charge in [-0.3, -0.25) is 9.48 Å².